The predicted octanol–water partition coefficient (Wildman–Crippen LogP) is 1.08. The van der Waals surface area contributed by atoms with Gasteiger partial charge in [-0.25, -0.2) is 17.5 Å². The number of ether oxygens (including phenoxy) is 1. The van der Waals surface area contributed by atoms with Gasteiger partial charge in [-0.2, -0.15) is 0 Å². The number of nitrogens with one attached hydrogen (secondary N) is 1. The second kappa shape index (κ2) is 5.77. The number of aliphatic hydroxyl groups is 1. The van der Waals surface area contributed by atoms with E-state index in [9.17, 15) is 12.8 Å². The summed E-state index contributed by atoms with van der Waals surface area (Å²) in [7, 11) is -2.21. The van der Waals surface area contributed by atoms with Crippen molar-refractivity contribution in [2.24, 2.45) is 0 Å². The van der Waals surface area contributed by atoms with E-state index in [1.165, 1.54) is 13.0 Å². The standard InChI is InChI=1S/C13H18FNO4S/c1-8-12(14)3-9(7-16)4-13(8)20(17,18)15-10-5-11(6-10)19-2/h3-4,10-11,15-16H,5-7H2,1-2H3. The van der Waals surface area contributed by atoms with E-state index in [1.54, 1.807) is 7.11 Å². The molecule has 1 saturated carbocycles. The zero-order chi connectivity index (χ0) is 14.9. The van der Waals surface area contributed by atoms with Gasteiger partial charge in [-0.3, -0.25) is 0 Å². The molecule has 0 spiro atoms. The first-order chi connectivity index (χ1) is 9.37. The normalized spacial score (nSPS) is 22.6. The molecule has 7 heteroatoms. The van der Waals surface area contributed by atoms with Gasteiger partial charge in [0.2, 0.25) is 10.0 Å². The van der Waals surface area contributed by atoms with Crippen LogP contribution in [-0.4, -0.2) is 32.8 Å². The molecule has 0 aromatic heterocycles. The Morgan fingerprint density at radius 1 is 1.45 bits per heavy atom. The van der Waals surface area contributed by atoms with Crippen LogP contribution in [0.3, 0.4) is 0 Å². The van der Waals surface area contributed by atoms with E-state index in [-0.39, 0.29) is 28.2 Å². The maximum atomic E-state index is 13.7. The van der Waals surface area contributed by atoms with Gasteiger partial charge in [-0.1, -0.05) is 0 Å². The number of hydrogen-bond acceptors (Lipinski definition) is 4. The summed E-state index contributed by atoms with van der Waals surface area (Å²) in [4.78, 5) is -0.123. The largest absolute Gasteiger partial charge is 0.392 e. The number of rotatable bonds is 5. The van der Waals surface area contributed by atoms with Crippen LogP contribution < -0.4 is 4.72 Å². The van der Waals surface area contributed by atoms with E-state index in [0.717, 1.165) is 6.07 Å². The Kier molecular flexibility index (Phi) is 4.43. The van der Waals surface area contributed by atoms with Crippen molar-refractivity contribution in [3.63, 3.8) is 0 Å². The summed E-state index contributed by atoms with van der Waals surface area (Å²) in [6.45, 7) is 0.999. The molecule has 1 fully saturated rings. The van der Waals surface area contributed by atoms with Crippen LogP contribution in [0.2, 0.25) is 0 Å². The van der Waals surface area contributed by atoms with Crippen molar-refractivity contribution in [1.82, 2.24) is 4.72 Å². The van der Waals surface area contributed by atoms with Crippen LogP contribution in [0.15, 0.2) is 17.0 Å². The van der Waals surface area contributed by atoms with Crippen molar-refractivity contribution in [3.05, 3.63) is 29.1 Å². The van der Waals surface area contributed by atoms with E-state index in [0.29, 0.717) is 12.8 Å². The Balaban J connectivity index is 2.23. The SMILES string of the molecule is COC1CC(NS(=O)(=O)c2cc(CO)cc(F)c2C)C1. The Labute approximate surface area is 117 Å². The number of methoxy groups -OCH3 is 1. The number of halogens is 1. The second-order valence-electron chi connectivity index (χ2n) is 5.01. The summed E-state index contributed by atoms with van der Waals surface area (Å²) in [5.41, 5.74) is 0.286. The van der Waals surface area contributed by atoms with Gasteiger partial charge >= 0.3 is 0 Å². The lowest BCUT2D eigenvalue weighted by molar-refractivity contribution is 0.0236. The molecule has 0 unspecified atom stereocenters. The minimum atomic E-state index is -3.79. The van der Waals surface area contributed by atoms with Crippen molar-refractivity contribution in [1.29, 1.82) is 0 Å². The molecule has 1 aromatic carbocycles. The molecule has 20 heavy (non-hydrogen) atoms. The quantitative estimate of drug-likeness (QED) is 0.853. The monoisotopic (exact) mass is 303 g/mol. The highest BCUT2D eigenvalue weighted by Crippen LogP contribution is 2.26. The number of hydrogen-bond donors (Lipinski definition) is 2. The molecule has 0 amide bonds. The van der Waals surface area contributed by atoms with Gasteiger partial charge in [0.05, 0.1) is 17.6 Å². The molecular formula is C13H18FNO4S. The van der Waals surface area contributed by atoms with Crippen LogP contribution in [-0.2, 0) is 21.4 Å². The molecule has 0 radical (unpaired) electrons. The van der Waals surface area contributed by atoms with Crippen molar-refractivity contribution in [3.8, 4) is 0 Å². The predicted molar refractivity (Wildman–Crippen MR) is 71.2 cm³/mol. The number of sulfonamides is 1. The summed E-state index contributed by atoms with van der Waals surface area (Å²) in [5.74, 6) is -0.639. The van der Waals surface area contributed by atoms with Crippen molar-refractivity contribution in [2.45, 2.75) is 43.4 Å². The van der Waals surface area contributed by atoms with Crippen LogP contribution in [0.1, 0.15) is 24.0 Å². The van der Waals surface area contributed by atoms with Crippen LogP contribution in [0.5, 0.6) is 0 Å². The number of aliphatic hydroxyl groups excluding tert-OH is 1. The third kappa shape index (κ3) is 3.01. The van der Waals surface area contributed by atoms with Gasteiger partial charge in [0.15, 0.2) is 0 Å². The minimum absolute atomic E-state index is 0.0531. The lowest BCUT2D eigenvalue weighted by atomic mass is 9.90. The number of benzene rings is 1. The first kappa shape index (κ1) is 15.4. The van der Waals surface area contributed by atoms with Crippen LogP contribution in [0, 0.1) is 12.7 Å². The molecule has 0 atom stereocenters. The maximum Gasteiger partial charge on any atom is 0.241 e. The average molecular weight is 303 g/mol. The fraction of sp³-hybridized carbons (Fsp3) is 0.538. The van der Waals surface area contributed by atoms with Crippen molar-refractivity contribution < 1.29 is 22.7 Å². The third-order valence-corrected chi connectivity index (χ3v) is 5.23. The highest BCUT2D eigenvalue weighted by molar-refractivity contribution is 7.89. The molecule has 2 rings (SSSR count). The van der Waals surface area contributed by atoms with E-state index in [1.807, 2.05) is 0 Å². The highest BCUT2D eigenvalue weighted by atomic mass is 32.2. The Bertz CT molecular complexity index is 597. The van der Waals surface area contributed by atoms with Gasteiger partial charge in [0.25, 0.3) is 0 Å². The summed E-state index contributed by atoms with van der Waals surface area (Å²) in [5, 5.41) is 9.05. The van der Waals surface area contributed by atoms with Crippen LogP contribution >= 0.6 is 0 Å². The van der Waals surface area contributed by atoms with E-state index in [4.69, 9.17) is 9.84 Å². The molecular weight excluding hydrogens is 285 g/mol. The molecule has 5 nitrogen and oxygen atoms in total. The molecule has 1 aliphatic rings. The average Bonchev–Trinajstić information content (AvgIpc) is 2.36. The van der Waals surface area contributed by atoms with Crippen LogP contribution in [0.25, 0.3) is 0 Å². The topological polar surface area (TPSA) is 75.6 Å². The minimum Gasteiger partial charge on any atom is -0.392 e. The summed E-state index contributed by atoms with van der Waals surface area (Å²) in [6.07, 6.45) is 1.29. The van der Waals surface area contributed by atoms with Gasteiger partial charge in [-0.15, -0.1) is 0 Å². The molecule has 0 saturated heterocycles. The van der Waals surface area contributed by atoms with Gasteiger partial charge in [-0.05, 0) is 37.5 Å². The first-order valence-corrected chi connectivity index (χ1v) is 7.80. The van der Waals surface area contributed by atoms with Crippen molar-refractivity contribution >= 4 is 10.0 Å². The van der Waals surface area contributed by atoms with E-state index in [2.05, 4.69) is 4.72 Å². The molecule has 0 bridgehead atoms. The molecule has 0 aliphatic heterocycles. The lowest BCUT2D eigenvalue weighted by Crippen LogP contribution is -2.47. The van der Waals surface area contributed by atoms with Gasteiger partial charge < -0.3 is 9.84 Å². The zero-order valence-corrected chi connectivity index (χ0v) is 12.2. The fourth-order valence-electron chi connectivity index (χ4n) is 2.21. The molecule has 1 aliphatic carbocycles. The fourth-order valence-corrected chi connectivity index (χ4v) is 3.78. The summed E-state index contributed by atoms with van der Waals surface area (Å²) >= 11 is 0. The summed E-state index contributed by atoms with van der Waals surface area (Å²) in [6, 6.07) is 2.25. The summed E-state index contributed by atoms with van der Waals surface area (Å²) < 4.78 is 45.9. The lowest BCUT2D eigenvalue weighted by Gasteiger charge is -2.34. The highest BCUT2D eigenvalue weighted by Gasteiger charge is 2.33. The van der Waals surface area contributed by atoms with E-state index < -0.39 is 22.4 Å². The van der Waals surface area contributed by atoms with Gasteiger partial charge in [0, 0.05) is 18.7 Å². The van der Waals surface area contributed by atoms with Crippen LogP contribution in [0.4, 0.5) is 4.39 Å². The zero-order valence-electron chi connectivity index (χ0n) is 11.4. The third-order valence-electron chi connectivity index (χ3n) is 3.58. The Morgan fingerprint density at radius 2 is 2.10 bits per heavy atom. The Morgan fingerprint density at radius 3 is 2.65 bits per heavy atom. The first-order valence-electron chi connectivity index (χ1n) is 6.32. The molecule has 0 heterocycles. The molecule has 1 aromatic rings. The van der Waals surface area contributed by atoms with E-state index >= 15 is 0 Å². The molecule has 112 valence electrons. The second-order valence-corrected chi connectivity index (χ2v) is 6.69. The smallest absolute Gasteiger partial charge is 0.241 e. The maximum absolute atomic E-state index is 13.7. The van der Waals surface area contributed by atoms with Crippen molar-refractivity contribution in [2.75, 3.05) is 7.11 Å². The Hall–Kier alpha value is -1.02. The van der Waals surface area contributed by atoms with Gasteiger partial charge in [0.1, 0.15) is 5.82 Å². The molecule has 2 N–H and O–H groups in total.